The van der Waals surface area contributed by atoms with E-state index < -0.39 is 6.04 Å². The summed E-state index contributed by atoms with van der Waals surface area (Å²) in [5.74, 6) is 0. The number of rotatable bonds is 3. The lowest BCUT2D eigenvalue weighted by Crippen LogP contribution is -2.09. The van der Waals surface area contributed by atoms with Crippen LogP contribution in [0.15, 0.2) is 51.4 Å². The predicted octanol–water partition coefficient (Wildman–Crippen LogP) is 5.54. The Kier molecular flexibility index (Phi) is 4.87. The molecule has 0 aliphatic rings. The van der Waals surface area contributed by atoms with Crippen LogP contribution in [0.2, 0.25) is 5.02 Å². The van der Waals surface area contributed by atoms with E-state index >= 15 is 0 Å². The van der Waals surface area contributed by atoms with E-state index in [9.17, 15) is 5.26 Å². The van der Waals surface area contributed by atoms with Crippen LogP contribution in [-0.2, 0) is 0 Å². The number of nitriles is 1. The van der Waals surface area contributed by atoms with Gasteiger partial charge in [0.05, 0.1) is 6.07 Å². The summed E-state index contributed by atoms with van der Waals surface area (Å²) < 4.78 is 1.85. The summed E-state index contributed by atoms with van der Waals surface area (Å²) in [5, 5.41) is 13.1. The van der Waals surface area contributed by atoms with Crippen LogP contribution in [0.1, 0.15) is 11.6 Å². The molecule has 1 N–H and O–H groups in total. The van der Waals surface area contributed by atoms with Gasteiger partial charge in [-0.2, -0.15) is 5.26 Å². The Labute approximate surface area is 133 Å². The van der Waals surface area contributed by atoms with Crippen LogP contribution in [0, 0.1) is 11.3 Å². The maximum atomic E-state index is 9.33. The first kappa shape index (κ1) is 14.4. The quantitative estimate of drug-likeness (QED) is 0.734. The van der Waals surface area contributed by atoms with Crippen molar-refractivity contribution in [1.29, 1.82) is 5.26 Å². The molecule has 2 aromatic rings. The van der Waals surface area contributed by atoms with Crippen LogP contribution < -0.4 is 5.32 Å². The van der Waals surface area contributed by atoms with Crippen molar-refractivity contribution >= 4 is 49.1 Å². The highest BCUT2D eigenvalue weighted by Crippen LogP contribution is 2.29. The Bertz CT molecular complexity index is 638. The summed E-state index contributed by atoms with van der Waals surface area (Å²) in [5.41, 5.74) is 1.61. The van der Waals surface area contributed by atoms with E-state index in [1.54, 1.807) is 6.07 Å². The van der Waals surface area contributed by atoms with E-state index in [4.69, 9.17) is 11.6 Å². The Hall–Kier alpha value is -1.02. The van der Waals surface area contributed by atoms with E-state index in [1.807, 2.05) is 36.4 Å². The molecule has 0 spiro atoms. The molecule has 2 nitrogen and oxygen atoms in total. The first-order valence-corrected chi connectivity index (χ1v) is 7.43. The Morgan fingerprint density at radius 1 is 1.11 bits per heavy atom. The van der Waals surface area contributed by atoms with Crippen molar-refractivity contribution in [3.05, 3.63) is 62.0 Å². The number of hydrogen-bond acceptors (Lipinski definition) is 2. The average Bonchev–Trinajstić information content (AvgIpc) is 2.39. The van der Waals surface area contributed by atoms with Gasteiger partial charge in [0.25, 0.3) is 0 Å². The first-order valence-electron chi connectivity index (χ1n) is 5.47. The van der Waals surface area contributed by atoms with Gasteiger partial charge < -0.3 is 5.32 Å². The zero-order valence-corrected chi connectivity index (χ0v) is 13.6. The molecule has 0 aliphatic heterocycles. The zero-order chi connectivity index (χ0) is 13.8. The molecule has 0 saturated heterocycles. The van der Waals surface area contributed by atoms with Crippen molar-refractivity contribution in [2.24, 2.45) is 0 Å². The van der Waals surface area contributed by atoms with Gasteiger partial charge in [0.2, 0.25) is 0 Å². The van der Waals surface area contributed by atoms with E-state index in [0.717, 1.165) is 20.2 Å². The van der Waals surface area contributed by atoms with Gasteiger partial charge >= 0.3 is 0 Å². The van der Waals surface area contributed by atoms with Crippen LogP contribution in [0.3, 0.4) is 0 Å². The average molecular weight is 401 g/mol. The summed E-state index contributed by atoms with van der Waals surface area (Å²) in [4.78, 5) is 0. The summed E-state index contributed by atoms with van der Waals surface area (Å²) in [6.45, 7) is 0. The first-order chi connectivity index (χ1) is 9.10. The highest BCUT2D eigenvalue weighted by atomic mass is 79.9. The van der Waals surface area contributed by atoms with E-state index in [0.29, 0.717) is 5.02 Å². The maximum Gasteiger partial charge on any atom is 0.141 e. The van der Waals surface area contributed by atoms with E-state index in [2.05, 4.69) is 43.2 Å². The lowest BCUT2D eigenvalue weighted by atomic mass is 10.1. The monoisotopic (exact) mass is 398 g/mol. The van der Waals surface area contributed by atoms with Crippen molar-refractivity contribution in [3.63, 3.8) is 0 Å². The molecule has 0 fully saturated rings. The van der Waals surface area contributed by atoms with Crippen molar-refractivity contribution in [2.75, 3.05) is 5.32 Å². The molecule has 2 rings (SSSR count). The third-order valence-corrected chi connectivity index (χ3v) is 3.86. The van der Waals surface area contributed by atoms with Gasteiger partial charge in [0, 0.05) is 25.2 Å². The van der Waals surface area contributed by atoms with Gasteiger partial charge in [-0.3, -0.25) is 0 Å². The number of anilines is 1. The number of benzene rings is 2. The second kappa shape index (κ2) is 6.42. The van der Waals surface area contributed by atoms with Crippen LogP contribution in [0.4, 0.5) is 5.69 Å². The Morgan fingerprint density at radius 2 is 1.84 bits per heavy atom. The minimum absolute atomic E-state index is 0.501. The summed E-state index contributed by atoms with van der Waals surface area (Å²) >= 11 is 12.9. The molecule has 19 heavy (non-hydrogen) atoms. The van der Waals surface area contributed by atoms with Crippen LogP contribution in [-0.4, -0.2) is 0 Å². The van der Waals surface area contributed by atoms with Gasteiger partial charge in [-0.05, 0) is 36.4 Å². The normalized spacial score (nSPS) is 11.7. The Morgan fingerprint density at radius 3 is 2.53 bits per heavy atom. The van der Waals surface area contributed by atoms with Gasteiger partial charge in [-0.1, -0.05) is 49.5 Å². The molecule has 0 aromatic heterocycles. The van der Waals surface area contributed by atoms with Crippen LogP contribution in [0.25, 0.3) is 0 Å². The lowest BCUT2D eigenvalue weighted by molar-refractivity contribution is 0.996. The van der Waals surface area contributed by atoms with Crippen molar-refractivity contribution < 1.29 is 0 Å². The third-order valence-electron chi connectivity index (χ3n) is 2.53. The molecule has 1 unspecified atom stereocenters. The number of nitrogens with zero attached hydrogens (tertiary/aromatic N) is 1. The molecule has 1 atom stereocenters. The van der Waals surface area contributed by atoms with E-state index in [1.165, 1.54) is 0 Å². The molecule has 2 aromatic carbocycles. The maximum absolute atomic E-state index is 9.33. The van der Waals surface area contributed by atoms with Crippen molar-refractivity contribution in [1.82, 2.24) is 0 Å². The zero-order valence-electron chi connectivity index (χ0n) is 9.70. The van der Waals surface area contributed by atoms with Crippen LogP contribution in [0.5, 0.6) is 0 Å². The molecule has 0 saturated carbocycles. The number of nitrogens with one attached hydrogen (secondary N) is 1. The molecule has 0 heterocycles. The summed E-state index contributed by atoms with van der Waals surface area (Å²) in [7, 11) is 0. The molecule has 5 heteroatoms. The second-order valence-corrected chi connectivity index (χ2v) is 6.12. The Balaban J connectivity index is 2.31. The molecule has 0 aliphatic carbocycles. The van der Waals surface area contributed by atoms with Gasteiger partial charge in [-0.25, -0.2) is 0 Å². The SMILES string of the molecule is N#CC(Nc1cccc(Br)c1)c1cc(Br)ccc1Cl. The molecule has 0 amide bonds. The highest BCUT2D eigenvalue weighted by molar-refractivity contribution is 9.10. The summed E-state index contributed by atoms with van der Waals surface area (Å²) in [6, 6.07) is 14.8. The molecular weight excluding hydrogens is 391 g/mol. The van der Waals surface area contributed by atoms with Crippen LogP contribution >= 0.6 is 43.5 Å². The van der Waals surface area contributed by atoms with Gasteiger partial charge in [0.1, 0.15) is 6.04 Å². The van der Waals surface area contributed by atoms with Crippen molar-refractivity contribution in [2.45, 2.75) is 6.04 Å². The molecular formula is C14H9Br2ClN2. The van der Waals surface area contributed by atoms with Gasteiger partial charge in [-0.15, -0.1) is 0 Å². The third kappa shape index (κ3) is 3.73. The standard InChI is InChI=1S/C14H9Br2ClN2/c15-9-2-1-3-11(6-9)19-14(8-18)12-7-10(16)4-5-13(12)17/h1-7,14,19H. The number of hydrogen-bond donors (Lipinski definition) is 1. The minimum atomic E-state index is -0.501. The second-order valence-electron chi connectivity index (χ2n) is 3.88. The molecule has 0 radical (unpaired) electrons. The van der Waals surface area contributed by atoms with Crippen molar-refractivity contribution in [3.8, 4) is 6.07 Å². The molecule has 0 bridgehead atoms. The fourth-order valence-corrected chi connectivity index (χ4v) is 2.67. The topological polar surface area (TPSA) is 35.8 Å². The fourth-order valence-electron chi connectivity index (χ4n) is 1.66. The van der Waals surface area contributed by atoms with Gasteiger partial charge in [0.15, 0.2) is 0 Å². The lowest BCUT2D eigenvalue weighted by Gasteiger charge is -2.15. The predicted molar refractivity (Wildman–Crippen MR) is 85.3 cm³/mol. The fraction of sp³-hybridized carbons (Fsp3) is 0.0714. The minimum Gasteiger partial charge on any atom is -0.366 e. The summed E-state index contributed by atoms with van der Waals surface area (Å²) in [6.07, 6.45) is 0. The molecule has 96 valence electrons. The largest absolute Gasteiger partial charge is 0.366 e. The number of halogens is 3. The van der Waals surface area contributed by atoms with E-state index in [-0.39, 0.29) is 0 Å². The smallest absolute Gasteiger partial charge is 0.141 e. The highest BCUT2D eigenvalue weighted by Gasteiger charge is 2.14.